The second-order valence-corrected chi connectivity index (χ2v) is 14.3. The predicted molar refractivity (Wildman–Crippen MR) is 184 cm³/mol. The first-order valence-electron chi connectivity index (χ1n) is 17.9. The molecule has 6 nitrogen and oxygen atoms in total. The fourth-order valence-corrected chi connectivity index (χ4v) is 7.08. The van der Waals surface area contributed by atoms with E-state index in [2.05, 4.69) is 12.0 Å². The van der Waals surface area contributed by atoms with Crippen LogP contribution in [0.2, 0.25) is 0 Å². The van der Waals surface area contributed by atoms with Gasteiger partial charge in [-0.1, -0.05) is 115 Å². The molecule has 0 spiro atoms. The number of carbonyl (C=O) groups excluding carboxylic acids is 1. The number of hydrogen-bond acceptors (Lipinski definition) is 5. The van der Waals surface area contributed by atoms with Gasteiger partial charge in [0.1, 0.15) is 23.4 Å². The van der Waals surface area contributed by atoms with Crippen molar-refractivity contribution in [3.05, 3.63) is 94.8 Å². The third-order valence-corrected chi connectivity index (χ3v) is 9.80. The monoisotopic (exact) mass is 761 g/mol. The lowest BCUT2D eigenvalue weighted by Gasteiger charge is -2.25. The van der Waals surface area contributed by atoms with Gasteiger partial charge in [-0.25, -0.2) is 26.5 Å². The molecule has 1 N–H and O–H groups in total. The highest BCUT2D eigenvalue weighted by atomic mass is 31.2. The second-order valence-electron chi connectivity index (χ2n) is 12.7. The van der Waals surface area contributed by atoms with Crippen molar-refractivity contribution in [1.29, 1.82) is 0 Å². The number of benzene rings is 3. The molecule has 0 saturated carbocycles. The van der Waals surface area contributed by atoms with Crippen LogP contribution in [0.1, 0.15) is 109 Å². The zero-order valence-corrected chi connectivity index (χ0v) is 30.2. The van der Waals surface area contributed by atoms with Gasteiger partial charge >= 0.3 is 13.7 Å². The first-order valence-corrected chi connectivity index (χ1v) is 19.4. The van der Waals surface area contributed by atoms with E-state index in [0.29, 0.717) is 12.5 Å². The number of rotatable bonds is 25. The van der Waals surface area contributed by atoms with E-state index in [1.54, 1.807) is 0 Å². The first kappa shape index (κ1) is 42.8. The summed E-state index contributed by atoms with van der Waals surface area (Å²) < 4.78 is 129. The van der Waals surface area contributed by atoms with Gasteiger partial charge in [0.15, 0.2) is 0 Å². The minimum Gasteiger partial charge on any atom is -0.465 e. The van der Waals surface area contributed by atoms with E-state index in [1.807, 2.05) is 0 Å². The highest BCUT2D eigenvalue weighted by Crippen LogP contribution is 2.48. The zero-order chi connectivity index (χ0) is 37.9. The molecule has 0 aliphatic heterocycles. The van der Waals surface area contributed by atoms with E-state index in [9.17, 15) is 40.1 Å². The van der Waals surface area contributed by atoms with Crippen LogP contribution in [0.25, 0.3) is 0 Å². The smallest absolute Gasteiger partial charge is 0.465 e. The van der Waals surface area contributed by atoms with Gasteiger partial charge in [-0.15, -0.1) is 0 Å². The van der Waals surface area contributed by atoms with E-state index in [4.69, 9.17) is 13.8 Å². The number of para-hydroxylation sites is 1. The van der Waals surface area contributed by atoms with Gasteiger partial charge in [0.2, 0.25) is 34.8 Å². The molecule has 0 amide bonds. The van der Waals surface area contributed by atoms with Crippen LogP contribution in [0.15, 0.2) is 48.5 Å². The van der Waals surface area contributed by atoms with Crippen molar-refractivity contribution >= 4 is 13.7 Å². The molecule has 0 fully saturated rings. The summed E-state index contributed by atoms with van der Waals surface area (Å²) in [6.07, 6.45) is 16.2. The number of hydrogen-bond donors (Lipinski definition) is 1. The van der Waals surface area contributed by atoms with Crippen molar-refractivity contribution in [2.45, 2.75) is 116 Å². The van der Waals surface area contributed by atoms with E-state index >= 15 is 0 Å². The Morgan fingerprint density at radius 2 is 1.10 bits per heavy atom. The van der Waals surface area contributed by atoms with Crippen molar-refractivity contribution in [2.24, 2.45) is 0 Å². The average Bonchev–Trinajstić information content (AvgIpc) is 3.11. The summed E-state index contributed by atoms with van der Waals surface area (Å²) in [5, 5.41) is 2.15. The third-order valence-electron chi connectivity index (χ3n) is 8.30. The van der Waals surface area contributed by atoms with E-state index in [0.717, 1.165) is 44.2 Å². The number of carbonyl (C=O) groups is 1. The fourth-order valence-electron chi connectivity index (χ4n) is 5.56. The molecule has 0 unspecified atom stereocenters. The normalized spacial score (nSPS) is 13.1. The fraction of sp³-hybridized carbons (Fsp3) is 0.500. The van der Waals surface area contributed by atoms with Gasteiger partial charge in [0.25, 0.3) is 0 Å². The van der Waals surface area contributed by atoms with Gasteiger partial charge in [-0.2, -0.15) is 13.9 Å². The molecule has 0 aromatic heterocycles. The van der Waals surface area contributed by atoms with Crippen molar-refractivity contribution in [3.63, 3.8) is 0 Å². The van der Waals surface area contributed by atoms with Crippen LogP contribution in [0.4, 0.5) is 30.7 Å². The lowest BCUT2D eigenvalue weighted by Crippen LogP contribution is -2.40. The highest BCUT2D eigenvalue weighted by Gasteiger charge is 2.40. The summed E-state index contributed by atoms with van der Waals surface area (Å²) in [6, 6.07) is 7.38. The Kier molecular flexibility index (Phi) is 18.5. The Morgan fingerprint density at radius 3 is 1.60 bits per heavy atom. The summed E-state index contributed by atoms with van der Waals surface area (Å²) in [4.78, 5) is 13.3. The van der Waals surface area contributed by atoms with Crippen LogP contribution >= 0.6 is 7.75 Å². The van der Waals surface area contributed by atoms with Gasteiger partial charge in [0, 0.05) is 6.07 Å². The van der Waals surface area contributed by atoms with Crippen LogP contribution < -0.4 is 14.1 Å². The Labute approximate surface area is 301 Å². The summed E-state index contributed by atoms with van der Waals surface area (Å²) in [7, 11) is -5.29. The molecular weight excluding hydrogens is 714 g/mol. The molecular formula is C38H47F7NO5P. The standard InChI is InChI=1S/C38H47F7NO5P/c1-2-3-4-5-6-7-8-9-10-11-12-13-14-15-19-22-49-38(47)31(25-27-23-28(39)26-29(40)24-27)46-52(48,50-30-20-17-16-18-21-30)51-37-35(44)33(42)32(41)34(43)36(37)45/h16-18,20-21,23-24,26,31H,2-15,19,22,25H2,1H3,(H,46,48)/t31-,52-/m0/s1. The molecule has 0 aliphatic rings. The molecule has 0 heterocycles. The largest absolute Gasteiger partial charge is 0.513 e. The quantitative estimate of drug-likeness (QED) is 0.0231. The lowest BCUT2D eigenvalue weighted by molar-refractivity contribution is -0.145. The van der Waals surface area contributed by atoms with Gasteiger partial charge < -0.3 is 13.8 Å². The summed E-state index contributed by atoms with van der Waals surface area (Å²) in [5.74, 6) is -17.4. The number of nitrogens with one attached hydrogen (secondary N) is 1. The molecule has 0 radical (unpaired) electrons. The molecule has 2 atom stereocenters. The van der Waals surface area contributed by atoms with E-state index < -0.39 is 72.6 Å². The number of ether oxygens (including phenoxy) is 1. The van der Waals surface area contributed by atoms with Crippen LogP contribution in [0.3, 0.4) is 0 Å². The molecule has 3 rings (SSSR count). The van der Waals surface area contributed by atoms with Gasteiger partial charge in [0.05, 0.1) is 6.61 Å². The Morgan fingerprint density at radius 1 is 0.635 bits per heavy atom. The Balaban J connectivity index is 1.63. The van der Waals surface area contributed by atoms with Crippen LogP contribution in [-0.2, 0) is 20.5 Å². The minimum absolute atomic E-state index is 0.0882. The van der Waals surface area contributed by atoms with Crippen LogP contribution in [0.5, 0.6) is 11.5 Å². The Bertz CT molecular complexity index is 1550. The summed E-state index contributed by atoms with van der Waals surface area (Å²) in [5.41, 5.74) is -0.124. The lowest BCUT2D eigenvalue weighted by atomic mass is 10.0. The molecule has 3 aromatic rings. The summed E-state index contributed by atoms with van der Waals surface area (Å²) >= 11 is 0. The van der Waals surface area contributed by atoms with Crippen molar-refractivity contribution in [2.75, 3.05) is 6.61 Å². The molecule has 0 aliphatic carbocycles. The zero-order valence-electron chi connectivity index (χ0n) is 29.4. The van der Waals surface area contributed by atoms with E-state index in [-0.39, 0.29) is 17.9 Å². The maximum absolute atomic E-state index is 14.6. The Hall–Kier alpha value is -3.57. The topological polar surface area (TPSA) is 73.9 Å². The van der Waals surface area contributed by atoms with Crippen molar-refractivity contribution in [3.8, 4) is 11.5 Å². The van der Waals surface area contributed by atoms with Gasteiger partial charge in [-0.3, -0.25) is 4.79 Å². The molecule has 14 heteroatoms. The molecule has 3 aromatic carbocycles. The van der Waals surface area contributed by atoms with Crippen molar-refractivity contribution in [1.82, 2.24) is 5.09 Å². The molecule has 0 bridgehead atoms. The molecule has 288 valence electrons. The maximum Gasteiger partial charge on any atom is 0.513 e. The third kappa shape index (κ3) is 14.5. The maximum atomic E-state index is 14.6. The average molecular weight is 762 g/mol. The number of halogens is 7. The predicted octanol–water partition coefficient (Wildman–Crippen LogP) is 11.8. The number of unbranched alkanes of at least 4 members (excludes halogenated alkanes) is 14. The minimum atomic E-state index is -5.29. The highest BCUT2D eigenvalue weighted by molar-refractivity contribution is 7.52. The van der Waals surface area contributed by atoms with Gasteiger partial charge in [-0.05, 0) is 42.7 Å². The van der Waals surface area contributed by atoms with Crippen LogP contribution in [-0.4, -0.2) is 18.6 Å². The van der Waals surface area contributed by atoms with Crippen molar-refractivity contribution < 1.29 is 53.9 Å². The first-order chi connectivity index (χ1) is 24.9. The van der Waals surface area contributed by atoms with E-state index in [1.165, 1.54) is 88.1 Å². The van der Waals surface area contributed by atoms with Crippen LogP contribution in [0, 0.1) is 40.7 Å². The SMILES string of the molecule is CCCCCCCCCCCCCCCCCOC(=O)[C@H](Cc1cc(F)cc(F)c1)N[P@](=O)(Oc1ccccc1)Oc1c(F)c(F)c(F)c(F)c1F. The number of esters is 1. The molecule has 0 saturated heterocycles. The second kappa shape index (κ2) is 22.5. The summed E-state index contributed by atoms with van der Waals surface area (Å²) in [6.45, 7) is 2.12. The molecule has 52 heavy (non-hydrogen) atoms.